The highest BCUT2D eigenvalue weighted by Gasteiger charge is 2.62. The van der Waals surface area contributed by atoms with Crippen molar-refractivity contribution >= 4 is 56.2 Å². The van der Waals surface area contributed by atoms with Gasteiger partial charge in [0.25, 0.3) is 11.8 Å². The Morgan fingerprint density at radius 1 is 1.12 bits per heavy atom. The lowest BCUT2D eigenvalue weighted by Gasteiger charge is -2.37. The van der Waals surface area contributed by atoms with Crippen molar-refractivity contribution in [2.24, 2.45) is 17.3 Å². The number of nitrogens with one attached hydrogen (secondary N) is 2. The Balaban J connectivity index is 1.23. The van der Waals surface area contributed by atoms with Crippen molar-refractivity contribution in [1.29, 1.82) is 0 Å². The predicted molar refractivity (Wildman–Crippen MR) is 219 cm³/mol. The molecule has 2 saturated carbocycles. The summed E-state index contributed by atoms with van der Waals surface area (Å²) < 4.78 is 68.7. The number of piperidine rings is 1. The van der Waals surface area contributed by atoms with Gasteiger partial charge in [-0.15, -0.1) is 6.58 Å². The van der Waals surface area contributed by atoms with Crippen LogP contribution < -0.4 is 19.5 Å². The van der Waals surface area contributed by atoms with E-state index in [4.69, 9.17) is 26.1 Å². The Hall–Kier alpha value is -4.90. The van der Waals surface area contributed by atoms with Gasteiger partial charge in [0.05, 0.1) is 48.3 Å². The average molecular weight is 871 g/mol. The summed E-state index contributed by atoms with van der Waals surface area (Å²) >= 11 is 6.77. The van der Waals surface area contributed by atoms with Crippen molar-refractivity contribution < 1.29 is 45.9 Å². The van der Waals surface area contributed by atoms with Crippen LogP contribution in [0.3, 0.4) is 0 Å². The Bertz CT molecular complexity index is 2330. The zero-order chi connectivity index (χ0) is 43.4. The molecule has 2 aromatic heterocycles. The van der Waals surface area contributed by atoms with E-state index in [2.05, 4.69) is 21.6 Å². The van der Waals surface area contributed by atoms with Crippen LogP contribution >= 0.6 is 11.6 Å². The fourth-order valence-corrected chi connectivity index (χ4v) is 9.78. The van der Waals surface area contributed by atoms with Crippen LogP contribution in [0.4, 0.5) is 8.78 Å². The van der Waals surface area contributed by atoms with E-state index in [1.165, 1.54) is 18.1 Å². The number of fused-ring (bicyclic) bond motifs is 1. The van der Waals surface area contributed by atoms with Crippen molar-refractivity contribution in [1.82, 2.24) is 29.8 Å². The second-order valence-corrected chi connectivity index (χ2v) is 19.6. The molecule has 2 aliphatic heterocycles. The van der Waals surface area contributed by atoms with E-state index in [9.17, 15) is 36.4 Å². The number of carbonyl (C=O) groups excluding carboxylic acids is 4. The fraction of sp³-hybridized carbons (Fsp3) is 0.524. The van der Waals surface area contributed by atoms with E-state index in [-0.39, 0.29) is 50.2 Å². The van der Waals surface area contributed by atoms with Gasteiger partial charge in [0.2, 0.25) is 27.7 Å². The number of pyridine rings is 2. The van der Waals surface area contributed by atoms with Gasteiger partial charge in [0, 0.05) is 49.4 Å². The number of ether oxygens (including phenoxy) is 2. The summed E-state index contributed by atoms with van der Waals surface area (Å²) in [5.74, 6) is -6.84. The van der Waals surface area contributed by atoms with Crippen molar-refractivity contribution in [3.05, 3.63) is 60.3 Å². The molecule has 2 saturated heterocycles. The molecule has 4 fully saturated rings. The number of nitrogens with zero attached hydrogens (tertiary/aromatic N) is 4. The summed E-state index contributed by atoms with van der Waals surface area (Å²) in [5.41, 5.74) is -1.23. The number of benzene rings is 1. The molecular formula is C42H49ClF2N6O8S. The molecule has 0 unspecified atom stereocenters. The van der Waals surface area contributed by atoms with Crippen molar-refractivity contribution in [3.8, 4) is 22.9 Å². The molecule has 3 aromatic rings. The van der Waals surface area contributed by atoms with Crippen molar-refractivity contribution in [2.45, 2.75) is 94.6 Å². The highest BCUT2D eigenvalue weighted by Crippen LogP contribution is 2.46. The minimum absolute atomic E-state index is 0.0792. The van der Waals surface area contributed by atoms with E-state index in [0.717, 1.165) is 4.90 Å². The molecule has 14 nitrogen and oxygen atoms in total. The third-order valence-electron chi connectivity index (χ3n) is 11.9. The van der Waals surface area contributed by atoms with Gasteiger partial charge < -0.3 is 24.6 Å². The molecule has 18 heteroatoms. The first-order chi connectivity index (χ1) is 28.3. The number of halogens is 3. The van der Waals surface area contributed by atoms with Gasteiger partial charge in [0.15, 0.2) is 0 Å². The molecule has 4 aliphatic rings. The van der Waals surface area contributed by atoms with Crippen molar-refractivity contribution in [3.63, 3.8) is 0 Å². The number of carbonyl (C=O) groups is 4. The van der Waals surface area contributed by atoms with E-state index in [0.29, 0.717) is 46.6 Å². The number of likely N-dealkylation sites (tertiary alicyclic amines) is 2. The maximum atomic E-state index is 14.9. The first kappa shape index (κ1) is 43.2. The Labute approximate surface area is 352 Å². The topological polar surface area (TPSA) is 177 Å². The van der Waals surface area contributed by atoms with Gasteiger partial charge in [-0.1, -0.05) is 44.5 Å². The van der Waals surface area contributed by atoms with E-state index < -0.39 is 86.3 Å². The molecule has 7 rings (SSSR count). The summed E-state index contributed by atoms with van der Waals surface area (Å²) in [4.78, 5) is 68.3. The molecule has 60 heavy (non-hydrogen) atoms. The first-order valence-electron chi connectivity index (χ1n) is 20.0. The zero-order valence-electron chi connectivity index (χ0n) is 33.9. The van der Waals surface area contributed by atoms with E-state index in [1.54, 1.807) is 63.4 Å². The number of hydrogen-bond acceptors (Lipinski definition) is 10. The van der Waals surface area contributed by atoms with Crippen LogP contribution in [0.1, 0.15) is 65.7 Å². The number of amides is 4. The lowest BCUT2D eigenvalue weighted by Crippen LogP contribution is -2.57. The quantitative estimate of drug-likeness (QED) is 0.215. The van der Waals surface area contributed by atoms with Gasteiger partial charge >= 0.3 is 0 Å². The largest absolute Gasteiger partial charge is 0.495 e. The van der Waals surface area contributed by atoms with Gasteiger partial charge in [-0.05, 0) is 55.4 Å². The molecule has 4 amide bonds. The second kappa shape index (κ2) is 16.2. The minimum atomic E-state index is -3.97. The zero-order valence-corrected chi connectivity index (χ0v) is 35.5. The van der Waals surface area contributed by atoms with Crippen LogP contribution in [0.15, 0.2) is 55.3 Å². The molecule has 5 atom stereocenters. The molecule has 0 bridgehead atoms. The molecular weight excluding hydrogens is 822 g/mol. The molecule has 0 radical (unpaired) electrons. The van der Waals surface area contributed by atoms with Gasteiger partial charge in [0.1, 0.15) is 34.2 Å². The Kier molecular flexibility index (Phi) is 11.6. The summed E-state index contributed by atoms with van der Waals surface area (Å²) in [6.07, 6.45) is 2.46. The Morgan fingerprint density at radius 2 is 1.87 bits per heavy atom. The highest BCUT2D eigenvalue weighted by molar-refractivity contribution is 7.91. The normalized spacial score (nSPS) is 24.4. The maximum absolute atomic E-state index is 14.9. The van der Waals surface area contributed by atoms with Gasteiger partial charge in [-0.2, -0.15) is 0 Å². The van der Waals surface area contributed by atoms with Crippen LogP contribution in [-0.2, 0) is 29.2 Å². The second-order valence-electron chi connectivity index (χ2n) is 17.3. The maximum Gasteiger partial charge on any atom is 0.265 e. The molecule has 322 valence electrons. The third kappa shape index (κ3) is 8.78. The first-order valence-corrected chi connectivity index (χ1v) is 21.9. The summed E-state index contributed by atoms with van der Waals surface area (Å²) in [7, 11) is -2.49. The lowest BCUT2D eigenvalue weighted by atomic mass is 9.77. The number of sulfonamides is 1. The number of alkyl halides is 2. The average Bonchev–Trinajstić information content (AvgIpc) is 4.13. The molecule has 0 spiro atoms. The smallest absolute Gasteiger partial charge is 0.265 e. The molecule has 1 aromatic carbocycles. The highest BCUT2D eigenvalue weighted by atomic mass is 35.5. The summed E-state index contributed by atoms with van der Waals surface area (Å²) in [6, 6.07) is 9.11. The summed E-state index contributed by atoms with van der Waals surface area (Å²) in [6.45, 7) is 8.28. The number of aromatic nitrogens is 2. The number of methoxy groups -OCH3 is 1. The monoisotopic (exact) mass is 870 g/mol. The van der Waals surface area contributed by atoms with E-state index >= 15 is 0 Å². The van der Waals surface area contributed by atoms with Gasteiger partial charge in [-0.25, -0.2) is 22.2 Å². The molecule has 2 aliphatic carbocycles. The number of rotatable bonds is 13. The third-order valence-corrected chi connectivity index (χ3v) is 14.0. The minimum Gasteiger partial charge on any atom is -0.495 e. The van der Waals surface area contributed by atoms with Gasteiger partial charge in [-0.3, -0.25) is 28.9 Å². The van der Waals surface area contributed by atoms with E-state index in [1.807, 2.05) is 0 Å². The lowest BCUT2D eigenvalue weighted by molar-refractivity contribution is -0.151. The van der Waals surface area contributed by atoms with Crippen molar-refractivity contribution in [2.75, 3.05) is 26.7 Å². The van der Waals surface area contributed by atoms with Crippen LogP contribution in [0.2, 0.25) is 5.02 Å². The Morgan fingerprint density at radius 3 is 2.48 bits per heavy atom. The SMILES string of the molecule is C=C[C@@H]1C[C@]1(NC(=O)[C@@H]1C[C@@H](Oc2cc(-c3ccccn3)nc3c(Cl)c(OC)ccc23)CN1C(=O)[C@@H](CC(=O)N1CCCC(F)(F)C1)C(C)(C)C)C(=O)NS(=O)(=O)C1CC1. The van der Waals surface area contributed by atoms with Crippen LogP contribution in [0.5, 0.6) is 11.5 Å². The number of hydrogen-bond donors (Lipinski definition) is 2. The molecule has 4 heterocycles. The summed E-state index contributed by atoms with van der Waals surface area (Å²) in [5, 5.41) is 2.80. The van der Waals surface area contributed by atoms with Crippen LogP contribution in [0.25, 0.3) is 22.3 Å². The standard InChI is InChI=1S/C42H49ClF2N6O8S/c1-6-24-21-42(24,39(55)49-60(56,57)26-11-12-26)48-37(53)31-18-25(22-51(31)38(54)28(40(2,3)4)19-34(52)50-17-9-15-41(44,45)23-50)59-33-20-30(29-10-7-8-16-46-29)47-36-27(33)13-14-32(58-5)35(36)43/h6-8,10,13-14,16,20,24-26,28,31H,1,9,11-12,15,17-19,21-23H2,2-5H3,(H,48,53)(H,49,55)/t24-,25-,28-,31+,42-/m1/s1. The van der Waals surface area contributed by atoms with Crippen LogP contribution in [0, 0.1) is 17.3 Å². The predicted octanol–water partition coefficient (Wildman–Crippen LogP) is 5.29. The van der Waals surface area contributed by atoms with Crippen LogP contribution in [-0.4, -0.2) is 107 Å². The fourth-order valence-electron chi connectivity index (χ4n) is 8.13. The molecule has 2 N–H and O–H groups in total.